The molecule has 0 N–H and O–H groups in total. The first-order chi connectivity index (χ1) is 34.8. The maximum atomic E-state index is 14.0. The molecule has 2 aliphatic rings. The first kappa shape index (κ1) is 46.4. The largest absolute Gasteiger partial charge is 0.294 e. The summed E-state index contributed by atoms with van der Waals surface area (Å²) >= 11 is 6.40. The van der Waals surface area contributed by atoms with E-state index < -0.39 is 0 Å². The van der Waals surface area contributed by atoms with E-state index in [4.69, 9.17) is 0 Å². The van der Waals surface area contributed by atoms with Crippen LogP contribution in [0.5, 0.6) is 0 Å². The highest BCUT2D eigenvalue weighted by Crippen LogP contribution is 2.52. The van der Waals surface area contributed by atoms with Crippen LogP contribution < -0.4 is 18.1 Å². The number of Topliss-reactive ketones (excluding diaryl/α,β-unsaturated/α-hetero) is 4. The Balaban J connectivity index is 1.16. The number of carbonyl (C=O) groups is 4. The van der Waals surface area contributed by atoms with E-state index in [1.165, 1.54) is 47.6 Å². The van der Waals surface area contributed by atoms with Crippen molar-refractivity contribution in [1.82, 2.24) is 0 Å². The fraction of sp³-hybridized carbons (Fsp3) is 0.0968. The maximum Gasteiger partial charge on any atom is 0.195 e. The molecule has 0 saturated heterocycles. The van der Waals surface area contributed by atoms with Gasteiger partial charge in [-0.1, -0.05) is 84.9 Å². The minimum atomic E-state index is -0.384. The minimum Gasteiger partial charge on any atom is -0.294 e. The summed E-state index contributed by atoms with van der Waals surface area (Å²) in [5, 5.41) is 22.6. The van der Waals surface area contributed by atoms with E-state index in [1.54, 1.807) is 59.1 Å². The van der Waals surface area contributed by atoms with E-state index in [-0.39, 0.29) is 34.3 Å². The van der Waals surface area contributed by atoms with Crippen LogP contribution in [0.1, 0.15) is 77.7 Å². The number of carbonyl (C=O) groups excluding carboxylic acids is 4. The van der Waals surface area contributed by atoms with Crippen molar-refractivity contribution in [3.05, 3.63) is 205 Å². The second-order valence-electron chi connectivity index (χ2n) is 18.1. The van der Waals surface area contributed by atoms with Crippen LogP contribution in [0, 0.1) is 50.4 Å². The fourth-order valence-corrected chi connectivity index (χ4v) is 15.0. The van der Waals surface area contributed by atoms with Crippen molar-refractivity contribution >= 4 is 123 Å². The molecule has 10 heteroatoms. The molecule has 72 heavy (non-hydrogen) atoms. The minimum absolute atomic E-state index is 0.0242. The highest BCUT2D eigenvalue weighted by molar-refractivity contribution is 7.23. The van der Waals surface area contributed by atoms with Crippen LogP contribution in [0.25, 0.3) is 76.9 Å². The number of hydrogen-bond donors (Lipinski definition) is 0. The molecule has 0 atom stereocenters. The van der Waals surface area contributed by atoms with Gasteiger partial charge in [-0.2, -0.15) is 10.5 Å². The summed E-state index contributed by atoms with van der Waals surface area (Å²) in [6.45, 7) is 11.4. The lowest BCUT2D eigenvalue weighted by Gasteiger charge is -2.18. The predicted octanol–water partition coefficient (Wildman–Crippen LogP) is 12.3. The Morgan fingerprint density at radius 2 is 0.819 bits per heavy atom. The second-order valence-corrected chi connectivity index (χ2v) is 22.5. The fourth-order valence-electron chi connectivity index (χ4n) is 10.4. The summed E-state index contributed by atoms with van der Waals surface area (Å²) in [7, 11) is 0. The van der Waals surface area contributed by atoms with Crippen molar-refractivity contribution in [1.29, 1.82) is 10.5 Å². The lowest BCUT2D eigenvalue weighted by molar-refractivity contribution is -0.114. The average Bonchev–Trinajstić information content (AvgIpc) is 4.23. The van der Waals surface area contributed by atoms with Gasteiger partial charge in [0.15, 0.2) is 23.1 Å². The van der Waals surface area contributed by atoms with Crippen molar-refractivity contribution in [2.75, 3.05) is 0 Å². The molecule has 0 unspecified atom stereocenters. The number of nitrogens with zero attached hydrogens (tertiary/aromatic N) is 2. The van der Waals surface area contributed by atoms with Crippen molar-refractivity contribution < 1.29 is 19.2 Å². The van der Waals surface area contributed by atoms with Gasteiger partial charge in [-0.3, -0.25) is 19.2 Å². The molecular weight excluding hydrogens is 965 g/mol. The molecule has 6 nitrogen and oxygen atoms in total. The molecule has 9 aromatic rings. The van der Waals surface area contributed by atoms with E-state index in [2.05, 4.69) is 101 Å². The van der Waals surface area contributed by atoms with Gasteiger partial charge in [0.1, 0.15) is 23.3 Å². The average molecular weight is 1010 g/mol. The Hall–Kier alpha value is -7.96. The van der Waals surface area contributed by atoms with Gasteiger partial charge in [0.2, 0.25) is 0 Å². The molecular formula is C62H40N2O4S4. The standard InChI is InChI=1S/C62H40N2O4S4/c1-31-13-11-14-32(2)51(31)55-45-27-39(25-37-21-23-49(69-37)57-53(47(29-63)35(5)65)41-17-7-9-19-43(41)59(57)67)72-62(45)56(52-33(3)15-12-16-34(52)4)46-28-40(71-61(46)55)26-38-22-24-50(70-38)58-54(48(30-64)36(6)66)42-18-8-10-20-44(42)60(58)68/h7-28H,1-6H3/b37-25-,38-26-,53-47+,54-48?,57-49-,58-50-. The topological polar surface area (TPSA) is 116 Å². The Labute approximate surface area is 430 Å². The Kier molecular flexibility index (Phi) is 11.6. The van der Waals surface area contributed by atoms with Gasteiger partial charge >= 0.3 is 0 Å². The number of fused-ring (bicyclic) bond motifs is 4. The molecule has 0 saturated carbocycles. The number of ketones is 4. The molecule has 0 radical (unpaired) electrons. The summed E-state index contributed by atoms with van der Waals surface area (Å²) in [5.74, 6) is -1.16. The molecule has 0 aliphatic heterocycles. The molecule has 5 aromatic carbocycles. The molecule has 0 fully saturated rings. The smallest absolute Gasteiger partial charge is 0.195 e. The van der Waals surface area contributed by atoms with Gasteiger partial charge in [0.05, 0.1) is 0 Å². The van der Waals surface area contributed by atoms with Gasteiger partial charge in [-0.05, 0) is 135 Å². The van der Waals surface area contributed by atoms with E-state index in [0.29, 0.717) is 53.6 Å². The van der Waals surface area contributed by atoms with Gasteiger partial charge < -0.3 is 0 Å². The summed E-state index contributed by atoms with van der Waals surface area (Å²) in [5.41, 5.74) is 13.0. The first-order valence-electron chi connectivity index (χ1n) is 23.2. The highest BCUT2D eigenvalue weighted by atomic mass is 32.1. The zero-order valence-electron chi connectivity index (χ0n) is 39.9. The lowest BCUT2D eigenvalue weighted by atomic mass is 9.87. The lowest BCUT2D eigenvalue weighted by Crippen LogP contribution is -2.08. The van der Waals surface area contributed by atoms with Crippen LogP contribution in [0.2, 0.25) is 0 Å². The molecule has 2 aliphatic carbocycles. The Morgan fingerprint density at radius 3 is 1.17 bits per heavy atom. The number of allylic oxidation sites excluding steroid dienone is 4. The van der Waals surface area contributed by atoms with Crippen LogP contribution in [-0.4, -0.2) is 23.1 Å². The van der Waals surface area contributed by atoms with E-state index in [9.17, 15) is 29.7 Å². The molecule has 11 rings (SSSR count). The second kappa shape index (κ2) is 18.0. The molecule has 0 spiro atoms. The summed E-state index contributed by atoms with van der Waals surface area (Å²) < 4.78 is 5.55. The maximum absolute atomic E-state index is 14.0. The van der Waals surface area contributed by atoms with Crippen molar-refractivity contribution in [3.8, 4) is 34.4 Å². The summed E-state index contributed by atoms with van der Waals surface area (Å²) in [4.78, 5) is 55.8. The van der Waals surface area contributed by atoms with Crippen LogP contribution >= 0.6 is 45.3 Å². The van der Waals surface area contributed by atoms with E-state index in [0.717, 1.165) is 72.4 Å². The third-order valence-corrected chi connectivity index (χ3v) is 17.8. The first-order valence-corrected chi connectivity index (χ1v) is 26.4. The molecule has 0 bridgehead atoms. The van der Waals surface area contributed by atoms with Gasteiger partial charge in [0.25, 0.3) is 0 Å². The van der Waals surface area contributed by atoms with Crippen LogP contribution in [-0.2, 0) is 9.59 Å². The Morgan fingerprint density at radius 1 is 0.458 bits per heavy atom. The number of rotatable bonds is 6. The van der Waals surface area contributed by atoms with Gasteiger partial charge in [0, 0.05) is 92.6 Å². The van der Waals surface area contributed by atoms with E-state index >= 15 is 0 Å². The number of nitriles is 2. The van der Waals surface area contributed by atoms with Crippen molar-refractivity contribution in [2.45, 2.75) is 41.5 Å². The zero-order chi connectivity index (χ0) is 50.3. The number of thiophene rings is 4. The van der Waals surface area contributed by atoms with Crippen LogP contribution in [0.15, 0.2) is 132 Å². The quantitative estimate of drug-likeness (QED) is 0.121. The number of benzene rings is 5. The molecule has 0 amide bonds. The predicted molar refractivity (Wildman–Crippen MR) is 296 cm³/mol. The normalized spacial score (nSPS) is 16.6. The molecule has 4 heterocycles. The molecule has 346 valence electrons. The Bertz CT molecular complexity index is 4020. The summed E-state index contributed by atoms with van der Waals surface area (Å²) in [6.07, 6.45) is 4.33. The SMILES string of the molecule is CC(=O)C(C#N)=C1/C(=c2\cc/c(=C/c3cc4c(-c5c(C)cccc5C)c5sc(/C=c6/cc/c(=C7/C(=O)c8ccccc8/C7=C(/C#N)C(C)=O)s6)cc5c(-c5c(C)cccc5C)c4s3)s2)C(=O)c2ccccc21. The van der Waals surface area contributed by atoms with Crippen molar-refractivity contribution in [3.63, 3.8) is 0 Å². The monoisotopic (exact) mass is 1000 g/mol. The van der Waals surface area contributed by atoms with Gasteiger partial charge in [-0.25, -0.2) is 0 Å². The van der Waals surface area contributed by atoms with Crippen LogP contribution in [0.4, 0.5) is 0 Å². The zero-order valence-corrected chi connectivity index (χ0v) is 43.1. The number of aryl methyl sites for hydroxylation is 4. The van der Waals surface area contributed by atoms with Gasteiger partial charge in [-0.15, -0.1) is 45.3 Å². The summed E-state index contributed by atoms with van der Waals surface area (Å²) in [6, 6.07) is 43.8. The number of hydrogen-bond acceptors (Lipinski definition) is 10. The van der Waals surface area contributed by atoms with Crippen LogP contribution in [0.3, 0.4) is 0 Å². The highest BCUT2D eigenvalue weighted by Gasteiger charge is 2.35. The third-order valence-electron chi connectivity index (χ3n) is 13.5. The molecule has 4 aromatic heterocycles. The van der Waals surface area contributed by atoms with Crippen molar-refractivity contribution in [2.24, 2.45) is 0 Å². The van der Waals surface area contributed by atoms with E-state index in [1.807, 2.05) is 36.4 Å². The third kappa shape index (κ3) is 7.46.